The Morgan fingerprint density at radius 2 is 0.568 bits per heavy atom. The SMILES string of the molecule is CCCCc1ccc(N(c2ccc(/C=C/c3ccc(/C=C/c4ccc(N(c5ccc(CCCC)cc5)c5cccc([S+](C)Cc6ccccc6)c5)cc4)cc3)cc2)c2cccc([S+](C)Cc3ccccc3)c2)cc1.[F][Sb-]([F])([F])([F])([F])[F].[F][Sb-]([F])([F])([F])([F])[F]. The van der Waals surface area contributed by atoms with Gasteiger partial charge >= 0.3 is 72.7 Å². The second-order valence-corrected chi connectivity index (χ2v) is 36.2. The minimum atomic E-state index is -11.2. The van der Waals surface area contributed by atoms with Crippen molar-refractivity contribution in [3.8, 4) is 0 Å². The molecule has 9 aromatic carbocycles. The predicted octanol–water partition coefficient (Wildman–Crippen LogP) is 23.5. The fraction of sp³-hybridized carbons (Fsp3) is 0.171. The molecule has 18 heteroatoms. The molecule has 0 aliphatic rings. The van der Waals surface area contributed by atoms with Crippen molar-refractivity contribution in [3.63, 3.8) is 0 Å². The van der Waals surface area contributed by atoms with Crippen LogP contribution in [0.15, 0.2) is 240 Å². The Bertz CT molecular complexity index is 3440. The number of hydrogen-bond donors (Lipinski definition) is 0. The molecular weight excluding hydrogens is 1400 g/mol. The molecule has 0 amide bonds. The van der Waals surface area contributed by atoms with Gasteiger partial charge < -0.3 is 9.80 Å². The number of unbranched alkanes of at least 4 members (excludes halogenated alkanes) is 2. The average molecular weight is 1470 g/mol. The van der Waals surface area contributed by atoms with E-state index < -0.39 is 39.0 Å². The third kappa shape index (κ3) is 25.9. The number of halogens is 12. The maximum absolute atomic E-state index is 11.2. The van der Waals surface area contributed by atoms with E-state index >= 15 is 0 Å². The molecule has 9 rings (SSSR count). The molecule has 0 heterocycles. The molecule has 0 N–H and O–H groups in total. The Morgan fingerprint density at radius 3 is 0.841 bits per heavy atom. The summed E-state index contributed by atoms with van der Waals surface area (Å²) < 4.78 is 119. The van der Waals surface area contributed by atoms with E-state index in [2.05, 4.69) is 291 Å². The Labute approximate surface area is 519 Å². The van der Waals surface area contributed by atoms with Crippen molar-refractivity contribution in [2.45, 2.75) is 73.7 Å². The van der Waals surface area contributed by atoms with Crippen LogP contribution in [0.25, 0.3) is 24.3 Å². The standard InChI is InChI=1S/C70H70N2S2.12FH.2Sb/c1-5-7-17-55-35-43-63(44-36-55)71(67-23-15-25-69(51-67)73(3)53-61-19-11-9-12-20-61)65-47-39-59(40-48-65)33-31-57-27-29-58(30-28-57)32-34-60-41-49-66(50-42-60)72(64-45-37-56(38-46-64)18-8-6-2)68-24-16-26-70(52-68)74(4)54-62-21-13-10-14-22-62;;;;;;;;;;;;;;/h9-16,19-52H,5-8,17-18,53-54H2,1-4H3;12*1H;;/q+2;;;;;;;;;;;;;2*+5/p-12/b33-31+,34-32+;;;;;;;;;;;;;;. The number of benzene rings is 9. The molecule has 0 spiro atoms. The van der Waals surface area contributed by atoms with Crippen LogP contribution < -0.4 is 9.80 Å². The van der Waals surface area contributed by atoms with Gasteiger partial charge in [0.2, 0.25) is 0 Å². The second-order valence-electron chi connectivity index (χ2n) is 21.2. The zero-order valence-corrected chi connectivity index (χ0v) is 55.8. The summed E-state index contributed by atoms with van der Waals surface area (Å²) in [5.74, 6) is 2.07. The topological polar surface area (TPSA) is 6.48 Å². The normalized spacial score (nSPS) is 14.0. The molecule has 0 saturated heterocycles. The molecule has 2 nitrogen and oxygen atoms in total. The van der Waals surface area contributed by atoms with Gasteiger partial charge in [0.25, 0.3) is 0 Å². The fourth-order valence-corrected chi connectivity index (χ4v) is 12.3. The van der Waals surface area contributed by atoms with Gasteiger partial charge in [-0.25, -0.2) is 0 Å². The molecule has 2 unspecified atom stereocenters. The van der Waals surface area contributed by atoms with Crippen molar-refractivity contribution in [2.24, 2.45) is 0 Å². The van der Waals surface area contributed by atoms with Crippen LogP contribution in [0.2, 0.25) is 0 Å². The molecular formula is C70H70F12N2S2Sb2. The van der Waals surface area contributed by atoms with Gasteiger partial charge in [-0.05, 0) is 132 Å². The molecule has 9 aromatic rings. The Balaban J connectivity index is 0.000000706. The van der Waals surface area contributed by atoms with Crippen molar-refractivity contribution in [1.82, 2.24) is 0 Å². The van der Waals surface area contributed by atoms with E-state index in [1.54, 1.807) is 0 Å². The third-order valence-electron chi connectivity index (χ3n) is 13.6. The monoisotopic (exact) mass is 1470 g/mol. The summed E-state index contributed by atoms with van der Waals surface area (Å²) in [7, 11) is 0.140. The van der Waals surface area contributed by atoms with E-state index in [1.165, 1.54) is 91.6 Å². The molecule has 0 bridgehead atoms. The van der Waals surface area contributed by atoms with Crippen LogP contribution in [0.4, 0.5) is 67.9 Å². The van der Waals surface area contributed by atoms with Crippen molar-refractivity contribution < 1.29 is 33.8 Å². The van der Waals surface area contributed by atoms with Gasteiger partial charge in [-0.1, -0.05) is 197 Å². The van der Waals surface area contributed by atoms with E-state index in [1.807, 2.05) is 0 Å². The van der Waals surface area contributed by atoms with Gasteiger partial charge in [-0.2, -0.15) is 0 Å². The minimum absolute atomic E-state index is 0.0700. The van der Waals surface area contributed by atoms with Gasteiger partial charge in [0, 0.05) is 67.8 Å². The van der Waals surface area contributed by atoms with E-state index in [0.29, 0.717) is 0 Å². The summed E-state index contributed by atoms with van der Waals surface area (Å²) >= 11 is -22.5. The van der Waals surface area contributed by atoms with Crippen molar-refractivity contribution in [1.29, 1.82) is 0 Å². The van der Waals surface area contributed by atoms with Crippen LogP contribution in [-0.2, 0) is 46.1 Å². The molecule has 0 aliphatic carbocycles. The summed E-state index contributed by atoms with van der Waals surface area (Å²) in [6.07, 6.45) is 20.6. The van der Waals surface area contributed by atoms with Crippen LogP contribution in [0, 0.1) is 0 Å². The van der Waals surface area contributed by atoms with E-state index in [4.69, 9.17) is 0 Å². The summed E-state index contributed by atoms with van der Waals surface area (Å²) in [4.78, 5) is 7.54. The molecule has 0 aromatic heterocycles. The number of nitrogens with zero attached hydrogens (tertiary/aromatic N) is 2. The fourth-order valence-electron chi connectivity index (χ4n) is 9.35. The van der Waals surface area contributed by atoms with E-state index in [9.17, 15) is 33.8 Å². The zero-order valence-electron chi connectivity index (χ0n) is 49.0. The molecule has 88 heavy (non-hydrogen) atoms. The van der Waals surface area contributed by atoms with Gasteiger partial charge in [0.05, 0.1) is 11.4 Å². The first kappa shape index (κ1) is 69.0. The maximum atomic E-state index is 9.93. The first-order chi connectivity index (χ1) is 41.3. The molecule has 0 fully saturated rings. The second kappa shape index (κ2) is 28.6. The van der Waals surface area contributed by atoms with Gasteiger partial charge in [-0.15, -0.1) is 0 Å². The van der Waals surface area contributed by atoms with Gasteiger partial charge in [0.15, 0.2) is 9.79 Å². The first-order valence-corrected chi connectivity index (χ1v) is 43.6. The summed E-state index contributed by atoms with van der Waals surface area (Å²) in [6, 6.07) is 85.1. The summed E-state index contributed by atoms with van der Waals surface area (Å²) in [5, 5.41) is 0. The quantitative estimate of drug-likeness (QED) is 0.0289. The average Bonchev–Trinajstić information content (AvgIpc) is 3.35. The zero-order chi connectivity index (χ0) is 63.7. The van der Waals surface area contributed by atoms with E-state index in [0.717, 1.165) is 46.8 Å². The van der Waals surface area contributed by atoms with Crippen molar-refractivity contribution in [3.05, 3.63) is 275 Å². The molecule has 0 radical (unpaired) electrons. The summed E-state index contributed by atoms with van der Waals surface area (Å²) in [6.45, 7) is 4.52. The van der Waals surface area contributed by atoms with Crippen LogP contribution in [0.5, 0.6) is 0 Å². The Morgan fingerprint density at radius 1 is 0.307 bits per heavy atom. The molecule has 466 valence electrons. The van der Waals surface area contributed by atoms with Crippen LogP contribution in [-0.4, -0.2) is 51.5 Å². The predicted molar refractivity (Wildman–Crippen MR) is 352 cm³/mol. The van der Waals surface area contributed by atoms with Crippen molar-refractivity contribution >= 4 is 119 Å². The van der Waals surface area contributed by atoms with Gasteiger partial charge in [-0.3, -0.25) is 0 Å². The van der Waals surface area contributed by atoms with E-state index in [-0.39, 0.29) is 21.8 Å². The van der Waals surface area contributed by atoms with Crippen LogP contribution in [0.3, 0.4) is 0 Å². The summed E-state index contributed by atoms with van der Waals surface area (Å²) in [5.41, 5.74) is 17.2. The Hall–Kier alpha value is -6.44. The van der Waals surface area contributed by atoms with Crippen molar-refractivity contribution in [2.75, 3.05) is 22.3 Å². The number of hydrogen-bond acceptors (Lipinski definition) is 2. The Kier molecular flexibility index (Phi) is 22.4. The number of aryl methyl sites for hydroxylation is 2. The van der Waals surface area contributed by atoms with Gasteiger partial charge in [0.1, 0.15) is 24.0 Å². The molecule has 0 saturated carbocycles. The third-order valence-corrected chi connectivity index (χ3v) is 17.3. The first-order valence-electron chi connectivity index (χ1n) is 28.4. The van der Waals surface area contributed by atoms with Crippen LogP contribution in [0.1, 0.15) is 84.0 Å². The molecule has 0 aliphatic heterocycles. The number of anilines is 6. The molecule has 2 atom stereocenters. The number of rotatable bonds is 22. The van der Waals surface area contributed by atoms with Crippen LogP contribution >= 0.6 is 0 Å².